The van der Waals surface area contributed by atoms with Crippen molar-refractivity contribution >= 4 is 60.5 Å². The van der Waals surface area contributed by atoms with Crippen LogP contribution in [0.2, 0.25) is 0 Å². The van der Waals surface area contributed by atoms with Crippen molar-refractivity contribution in [3.63, 3.8) is 0 Å². The second-order valence-corrected chi connectivity index (χ2v) is 16.4. The van der Waals surface area contributed by atoms with Crippen molar-refractivity contribution in [1.29, 1.82) is 0 Å². The molecule has 0 saturated carbocycles. The summed E-state index contributed by atoms with van der Waals surface area (Å²) in [5, 5.41) is 7.12. The molecule has 1 aromatic heterocycles. The smallest absolute Gasteiger partial charge is 0.135 e. The van der Waals surface area contributed by atoms with Crippen LogP contribution in [0.15, 0.2) is 253 Å². The first-order valence-corrected chi connectivity index (χ1v) is 21.9. The van der Waals surface area contributed by atoms with Gasteiger partial charge in [-0.1, -0.05) is 206 Å². The van der Waals surface area contributed by atoms with Crippen molar-refractivity contribution in [3.8, 4) is 55.6 Å². The van der Waals surface area contributed by atoms with Crippen molar-refractivity contribution < 1.29 is 4.42 Å². The van der Waals surface area contributed by atoms with Crippen LogP contribution in [-0.2, 0) is 0 Å². The minimum Gasteiger partial charge on any atom is -0.456 e. The molecule has 0 bridgehead atoms. The highest BCUT2D eigenvalue weighted by atomic mass is 16.3. The Kier molecular flexibility index (Phi) is 9.20. The lowest BCUT2D eigenvalue weighted by Gasteiger charge is -2.30. The molecular weight excluding hydrogens is 775 g/mol. The van der Waals surface area contributed by atoms with Crippen molar-refractivity contribution in [2.45, 2.75) is 0 Å². The molecule has 0 fully saturated rings. The second-order valence-electron chi connectivity index (χ2n) is 16.4. The fourth-order valence-corrected chi connectivity index (χ4v) is 9.76. The van der Waals surface area contributed by atoms with Crippen molar-refractivity contribution in [2.24, 2.45) is 0 Å². The van der Waals surface area contributed by atoms with Crippen LogP contribution in [-0.4, -0.2) is 0 Å². The van der Waals surface area contributed by atoms with Gasteiger partial charge in [0.25, 0.3) is 0 Å². The van der Waals surface area contributed by atoms with Crippen LogP contribution in [0.3, 0.4) is 0 Å². The molecule has 0 spiro atoms. The summed E-state index contributed by atoms with van der Waals surface area (Å²) in [7, 11) is 0. The fraction of sp³-hybridized carbons (Fsp3) is 0. The summed E-state index contributed by atoms with van der Waals surface area (Å²) < 4.78 is 6.20. The molecule has 2 nitrogen and oxygen atoms in total. The first-order valence-electron chi connectivity index (χ1n) is 21.9. The van der Waals surface area contributed by atoms with E-state index in [1.165, 1.54) is 54.9 Å². The summed E-state index contributed by atoms with van der Waals surface area (Å²) >= 11 is 0. The number of para-hydroxylation sites is 3. The molecule has 11 aromatic carbocycles. The van der Waals surface area contributed by atoms with Gasteiger partial charge in [-0.3, -0.25) is 0 Å². The lowest BCUT2D eigenvalue weighted by Crippen LogP contribution is -2.12. The van der Waals surface area contributed by atoms with Crippen LogP contribution in [0.4, 0.5) is 17.1 Å². The summed E-state index contributed by atoms with van der Waals surface area (Å²) in [5.74, 6) is 0. The molecule has 0 radical (unpaired) electrons. The maximum absolute atomic E-state index is 6.20. The Labute approximate surface area is 372 Å². The molecule has 0 amide bonds. The molecule has 0 aliphatic rings. The van der Waals surface area contributed by atoms with E-state index in [1.54, 1.807) is 0 Å². The van der Waals surface area contributed by atoms with Crippen molar-refractivity contribution in [2.75, 3.05) is 4.90 Å². The predicted octanol–water partition coefficient (Wildman–Crippen LogP) is 17.7. The zero-order valence-electron chi connectivity index (χ0n) is 35.0. The number of hydrogen-bond donors (Lipinski definition) is 0. The Hall–Kier alpha value is -8.46. The highest BCUT2D eigenvalue weighted by Crippen LogP contribution is 2.49. The number of anilines is 3. The topological polar surface area (TPSA) is 16.4 Å². The molecule has 0 aliphatic heterocycles. The van der Waals surface area contributed by atoms with Gasteiger partial charge >= 0.3 is 0 Å². The van der Waals surface area contributed by atoms with Crippen molar-refractivity contribution in [1.82, 2.24) is 0 Å². The molecule has 0 saturated heterocycles. The van der Waals surface area contributed by atoms with Gasteiger partial charge < -0.3 is 9.32 Å². The average Bonchev–Trinajstić information content (AvgIpc) is 3.75. The summed E-state index contributed by atoms with van der Waals surface area (Å²) in [6, 6.07) is 89.9. The first-order chi connectivity index (χ1) is 31.8. The summed E-state index contributed by atoms with van der Waals surface area (Å²) in [5.41, 5.74) is 16.8. The molecule has 2 heteroatoms. The molecule has 12 aromatic rings. The lowest BCUT2D eigenvalue weighted by atomic mass is 9.89. The Balaban J connectivity index is 1.09. The van der Waals surface area contributed by atoms with E-state index >= 15 is 0 Å². The molecule has 12 rings (SSSR count). The third-order valence-electron chi connectivity index (χ3n) is 12.7. The van der Waals surface area contributed by atoms with Gasteiger partial charge in [0.15, 0.2) is 0 Å². The van der Waals surface area contributed by atoms with Gasteiger partial charge in [0, 0.05) is 27.6 Å². The number of nitrogens with zero attached hydrogens (tertiary/aromatic N) is 1. The maximum atomic E-state index is 6.20. The quantitative estimate of drug-likeness (QED) is 0.152. The van der Waals surface area contributed by atoms with E-state index in [1.807, 2.05) is 12.1 Å². The number of benzene rings is 11. The molecule has 300 valence electrons. The molecule has 0 aliphatic carbocycles. The van der Waals surface area contributed by atoms with Gasteiger partial charge in [-0.25, -0.2) is 0 Å². The summed E-state index contributed by atoms with van der Waals surface area (Å²) in [6.07, 6.45) is 0. The average molecular weight is 816 g/mol. The number of rotatable bonds is 8. The van der Waals surface area contributed by atoms with E-state index in [4.69, 9.17) is 4.42 Å². The van der Waals surface area contributed by atoms with Gasteiger partial charge in [-0.2, -0.15) is 0 Å². The van der Waals surface area contributed by atoms with Gasteiger partial charge in [0.2, 0.25) is 0 Å². The Morgan fingerprint density at radius 1 is 0.266 bits per heavy atom. The first kappa shape index (κ1) is 37.3. The zero-order chi connectivity index (χ0) is 42.4. The molecule has 0 unspecified atom stereocenters. The monoisotopic (exact) mass is 815 g/mol. The predicted molar refractivity (Wildman–Crippen MR) is 271 cm³/mol. The molecular formula is C62H41NO. The van der Waals surface area contributed by atoms with Crippen LogP contribution in [0, 0.1) is 0 Å². The van der Waals surface area contributed by atoms with Gasteiger partial charge in [-0.05, 0) is 109 Å². The fourth-order valence-electron chi connectivity index (χ4n) is 9.76. The highest BCUT2D eigenvalue weighted by molar-refractivity contribution is 6.12. The second kappa shape index (κ2) is 15.8. The molecule has 0 atom stereocenters. The third-order valence-corrected chi connectivity index (χ3v) is 12.7. The van der Waals surface area contributed by atoms with Crippen LogP contribution < -0.4 is 4.90 Å². The highest BCUT2D eigenvalue weighted by Gasteiger charge is 2.23. The summed E-state index contributed by atoms with van der Waals surface area (Å²) in [6.45, 7) is 0. The lowest BCUT2D eigenvalue weighted by molar-refractivity contribution is 0.669. The number of hydrogen-bond acceptors (Lipinski definition) is 2. The SMILES string of the molecule is c1ccc(-c2cccc3cccc(-c4ccccc4N(c4ccc(-c5ccc6oc7ccccc7c6c5)cc4)c4ccccc4-c4cccc5cccc(-c6ccccc6)c45)c23)cc1. The zero-order valence-corrected chi connectivity index (χ0v) is 35.0. The Bertz CT molecular complexity index is 3480. The van der Waals surface area contributed by atoms with E-state index in [0.717, 1.165) is 61.3 Å². The molecule has 0 N–H and O–H groups in total. The van der Waals surface area contributed by atoms with Crippen molar-refractivity contribution in [3.05, 3.63) is 249 Å². The van der Waals surface area contributed by atoms with E-state index in [0.29, 0.717) is 0 Å². The van der Waals surface area contributed by atoms with E-state index in [9.17, 15) is 0 Å². The van der Waals surface area contributed by atoms with Gasteiger partial charge in [-0.15, -0.1) is 0 Å². The standard InChI is InChI=1S/C62H41NO/c1-3-17-43(18-4-1)49-28-13-21-45-23-15-30-54(61(45)49)51-25-7-10-32-57(51)63(48-38-35-42(36-39-48)47-37-40-60-56(41-47)53-27-9-12-34-59(53)64-60)58-33-11-8-26-52(58)55-31-16-24-46-22-14-29-50(62(46)55)44-19-5-2-6-20-44/h1-41H. The van der Waals surface area contributed by atoms with E-state index in [2.05, 4.69) is 241 Å². The van der Waals surface area contributed by atoms with Crippen LogP contribution in [0.5, 0.6) is 0 Å². The minimum absolute atomic E-state index is 0.897. The van der Waals surface area contributed by atoms with Crippen LogP contribution >= 0.6 is 0 Å². The molecule has 64 heavy (non-hydrogen) atoms. The van der Waals surface area contributed by atoms with Crippen LogP contribution in [0.1, 0.15) is 0 Å². The van der Waals surface area contributed by atoms with E-state index < -0.39 is 0 Å². The van der Waals surface area contributed by atoms with Gasteiger partial charge in [0.05, 0.1) is 11.4 Å². The number of fused-ring (bicyclic) bond motifs is 5. The largest absolute Gasteiger partial charge is 0.456 e. The van der Waals surface area contributed by atoms with Crippen LogP contribution in [0.25, 0.3) is 99.1 Å². The summed E-state index contributed by atoms with van der Waals surface area (Å²) in [4.78, 5) is 2.47. The Morgan fingerprint density at radius 3 is 1.27 bits per heavy atom. The normalized spacial score (nSPS) is 11.4. The van der Waals surface area contributed by atoms with Gasteiger partial charge in [0.1, 0.15) is 11.2 Å². The Morgan fingerprint density at radius 2 is 0.703 bits per heavy atom. The third kappa shape index (κ3) is 6.44. The molecule has 1 heterocycles. The maximum Gasteiger partial charge on any atom is 0.135 e. The number of furan rings is 1. The minimum atomic E-state index is 0.897. The van der Waals surface area contributed by atoms with E-state index in [-0.39, 0.29) is 0 Å².